The van der Waals surface area contributed by atoms with Crippen molar-refractivity contribution < 1.29 is 18.4 Å². The first-order valence-corrected chi connectivity index (χ1v) is 10.7. The van der Waals surface area contributed by atoms with Crippen LogP contribution in [0.1, 0.15) is 31.2 Å². The topological polar surface area (TPSA) is 91.0 Å². The highest BCUT2D eigenvalue weighted by Crippen LogP contribution is 2.55. The Kier molecular flexibility index (Phi) is 4.88. The number of hydrogen-bond acceptors (Lipinski definition) is 4. The molecule has 2 amide bonds. The van der Waals surface area contributed by atoms with E-state index in [1.165, 1.54) is 4.90 Å². The van der Waals surface area contributed by atoms with Gasteiger partial charge in [-0.25, -0.2) is 13.8 Å². The van der Waals surface area contributed by atoms with Crippen LogP contribution in [-0.2, 0) is 15.0 Å². The van der Waals surface area contributed by atoms with Crippen molar-refractivity contribution in [1.82, 2.24) is 20.1 Å². The molecule has 1 atom stereocenters. The summed E-state index contributed by atoms with van der Waals surface area (Å²) < 4.78 is 28.0. The van der Waals surface area contributed by atoms with Gasteiger partial charge in [-0.3, -0.25) is 14.7 Å². The molecule has 0 bridgehead atoms. The number of pyridine rings is 1. The number of fused-ring (bicyclic) bond motifs is 1. The van der Waals surface area contributed by atoms with E-state index in [9.17, 15) is 18.4 Å². The van der Waals surface area contributed by atoms with Gasteiger partial charge in [0, 0.05) is 24.4 Å². The van der Waals surface area contributed by atoms with E-state index in [1.807, 2.05) is 0 Å². The smallest absolute Gasteiger partial charge is 0.250 e. The van der Waals surface area contributed by atoms with Crippen molar-refractivity contribution in [2.75, 3.05) is 11.9 Å². The summed E-state index contributed by atoms with van der Waals surface area (Å²) >= 11 is 5.95. The van der Waals surface area contributed by atoms with Crippen molar-refractivity contribution in [2.45, 2.75) is 43.1 Å². The number of amides is 2. The number of H-pyrrole nitrogens is 1. The molecule has 2 aliphatic rings. The summed E-state index contributed by atoms with van der Waals surface area (Å²) in [6.07, 6.45) is 1.46. The zero-order valence-corrected chi connectivity index (χ0v) is 17.7. The Morgan fingerprint density at radius 1 is 1.16 bits per heavy atom. The lowest BCUT2D eigenvalue weighted by molar-refractivity contribution is -0.169. The Bertz CT molecular complexity index is 1190. The van der Waals surface area contributed by atoms with E-state index in [4.69, 9.17) is 11.6 Å². The lowest BCUT2D eigenvalue weighted by atomic mass is 9.61. The molecule has 32 heavy (non-hydrogen) atoms. The zero-order chi connectivity index (χ0) is 22.5. The number of rotatable bonds is 4. The Hall–Kier alpha value is -3.07. The van der Waals surface area contributed by atoms with Crippen molar-refractivity contribution in [1.29, 1.82) is 0 Å². The van der Waals surface area contributed by atoms with E-state index < -0.39 is 36.1 Å². The molecule has 166 valence electrons. The van der Waals surface area contributed by atoms with Gasteiger partial charge < -0.3 is 10.2 Å². The van der Waals surface area contributed by atoms with Crippen molar-refractivity contribution in [3.8, 4) is 0 Å². The predicted molar refractivity (Wildman–Crippen MR) is 115 cm³/mol. The lowest BCUT2D eigenvalue weighted by Gasteiger charge is -2.48. The third kappa shape index (κ3) is 3.50. The van der Waals surface area contributed by atoms with Crippen LogP contribution in [0.5, 0.6) is 0 Å². The number of benzene rings is 1. The van der Waals surface area contributed by atoms with Crippen LogP contribution in [0.25, 0.3) is 11.0 Å². The number of carbonyl (C=O) groups excluding carboxylic acids is 2. The van der Waals surface area contributed by atoms with Crippen LogP contribution in [0.4, 0.5) is 14.6 Å². The van der Waals surface area contributed by atoms with Crippen LogP contribution in [0.3, 0.4) is 0 Å². The standard InChI is InChI=1S/C22H20ClF2N5O2/c23-14-5-3-13(4-6-14)21(11-22(24,25)12-21)20(32)30-9-1-2-17(30)19(31)28-18-8-7-15-16(27-18)10-26-29-15/h3-8,10,17H,1-2,9,11-12H2,(H,26,29)(H,27,28,31)/t17-/m1/s1. The van der Waals surface area contributed by atoms with E-state index in [-0.39, 0.29) is 5.91 Å². The Morgan fingerprint density at radius 2 is 1.91 bits per heavy atom. The molecule has 2 aromatic heterocycles. The fourth-order valence-electron chi connectivity index (χ4n) is 4.75. The van der Waals surface area contributed by atoms with E-state index >= 15 is 0 Å². The molecule has 1 aliphatic heterocycles. The number of alkyl halides is 2. The van der Waals surface area contributed by atoms with Crippen LogP contribution >= 0.6 is 11.6 Å². The highest BCUT2D eigenvalue weighted by Gasteiger charge is 2.63. The lowest BCUT2D eigenvalue weighted by Crippen LogP contribution is -2.60. The molecule has 3 heterocycles. The largest absolute Gasteiger partial charge is 0.330 e. The molecule has 1 saturated carbocycles. The Balaban J connectivity index is 1.39. The third-order valence-corrected chi connectivity index (χ3v) is 6.54. The van der Waals surface area contributed by atoms with Crippen molar-refractivity contribution in [3.05, 3.63) is 53.2 Å². The second-order valence-corrected chi connectivity index (χ2v) is 8.88. The van der Waals surface area contributed by atoms with Crippen LogP contribution in [0.2, 0.25) is 5.02 Å². The summed E-state index contributed by atoms with van der Waals surface area (Å²) in [6.45, 7) is 0.339. The third-order valence-electron chi connectivity index (χ3n) is 6.29. The molecule has 0 unspecified atom stereocenters. The van der Waals surface area contributed by atoms with Crippen LogP contribution in [-0.4, -0.2) is 50.4 Å². The van der Waals surface area contributed by atoms with Gasteiger partial charge in [0.05, 0.1) is 17.1 Å². The average molecular weight is 460 g/mol. The predicted octanol–water partition coefficient (Wildman–Crippen LogP) is 3.91. The molecule has 3 aromatic rings. The Labute approximate surface area is 187 Å². The van der Waals surface area contributed by atoms with Gasteiger partial charge in [0.15, 0.2) is 0 Å². The molecule has 2 N–H and O–H groups in total. The second kappa shape index (κ2) is 7.51. The molecule has 2 fully saturated rings. The van der Waals surface area contributed by atoms with Gasteiger partial charge in [0.2, 0.25) is 11.8 Å². The number of likely N-dealkylation sites (tertiary alicyclic amines) is 1. The first-order chi connectivity index (χ1) is 15.3. The summed E-state index contributed by atoms with van der Waals surface area (Å²) in [6, 6.07) is 9.05. The molecule has 0 spiro atoms. The average Bonchev–Trinajstić information content (AvgIpc) is 3.41. The van der Waals surface area contributed by atoms with Gasteiger partial charge in [0.25, 0.3) is 5.92 Å². The number of halogens is 3. The molecule has 1 saturated heterocycles. The van der Waals surface area contributed by atoms with Gasteiger partial charge in [-0.15, -0.1) is 0 Å². The number of anilines is 1. The molecule has 0 radical (unpaired) electrons. The van der Waals surface area contributed by atoms with Crippen LogP contribution in [0, 0.1) is 0 Å². The normalized spacial score (nSPS) is 21.3. The number of nitrogens with one attached hydrogen (secondary N) is 2. The fourth-order valence-corrected chi connectivity index (χ4v) is 4.87. The highest BCUT2D eigenvalue weighted by molar-refractivity contribution is 6.30. The summed E-state index contributed by atoms with van der Waals surface area (Å²) in [5.74, 6) is -3.41. The van der Waals surface area contributed by atoms with Gasteiger partial charge in [-0.1, -0.05) is 23.7 Å². The second-order valence-electron chi connectivity index (χ2n) is 8.44. The minimum Gasteiger partial charge on any atom is -0.330 e. The molecular weight excluding hydrogens is 440 g/mol. The Morgan fingerprint density at radius 3 is 2.62 bits per heavy atom. The van der Waals surface area contributed by atoms with Crippen LogP contribution in [0.15, 0.2) is 42.6 Å². The number of carbonyl (C=O) groups is 2. The first kappa shape index (κ1) is 20.8. The van der Waals surface area contributed by atoms with E-state index in [0.29, 0.717) is 41.3 Å². The highest BCUT2D eigenvalue weighted by atomic mass is 35.5. The van der Waals surface area contributed by atoms with E-state index in [2.05, 4.69) is 20.5 Å². The van der Waals surface area contributed by atoms with Crippen molar-refractivity contribution in [2.24, 2.45) is 0 Å². The minimum absolute atomic E-state index is 0.339. The SMILES string of the molecule is O=C(Nc1ccc2[nH]ncc2n1)[C@H]1CCCN1C(=O)C1(c2ccc(Cl)cc2)CC(F)(F)C1. The van der Waals surface area contributed by atoms with Gasteiger partial charge in [-0.05, 0) is 42.7 Å². The summed E-state index contributed by atoms with van der Waals surface area (Å²) in [7, 11) is 0. The minimum atomic E-state index is -2.92. The van der Waals surface area contributed by atoms with Crippen molar-refractivity contribution in [3.63, 3.8) is 0 Å². The maximum atomic E-state index is 14.0. The van der Waals surface area contributed by atoms with Gasteiger partial charge in [0.1, 0.15) is 17.4 Å². The van der Waals surface area contributed by atoms with E-state index in [0.717, 1.165) is 5.52 Å². The quantitative estimate of drug-likeness (QED) is 0.619. The number of hydrogen-bond donors (Lipinski definition) is 2. The number of aromatic amines is 1. The van der Waals surface area contributed by atoms with Crippen LogP contribution < -0.4 is 5.32 Å². The summed E-state index contributed by atoms with van der Waals surface area (Å²) in [5.41, 5.74) is 0.471. The molecule has 5 rings (SSSR count). The molecular formula is C22H20ClF2N5O2. The van der Waals surface area contributed by atoms with E-state index in [1.54, 1.807) is 42.6 Å². The number of aromatic nitrogens is 3. The van der Waals surface area contributed by atoms with Gasteiger partial charge >= 0.3 is 0 Å². The van der Waals surface area contributed by atoms with Gasteiger partial charge in [-0.2, -0.15) is 5.10 Å². The summed E-state index contributed by atoms with van der Waals surface area (Å²) in [5, 5.41) is 9.90. The monoisotopic (exact) mass is 459 g/mol. The van der Waals surface area contributed by atoms with Crippen molar-refractivity contribution >= 4 is 40.3 Å². The molecule has 1 aromatic carbocycles. The molecule has 1 aliphatic carbocycles. The number of nitrogens with zero attached hydrogens (tertiary/aromatic N) is 3. The summed E-state index contributed by atoms with van der Waals surface area (Å²) in [4.78, 5) is 32.4. The maximum absolute atomic E-state index is 14.0. The molecule has 10 heteroatoms. The first-order valence-electron chi connectivity index (χ1n) is 10.3. The zero-order valence-electron chi connectivity index (χ0n) is 16.9. The fraction of sp³-hybridized carbons (Fsp3) is 0.364. The maximum Gasteiger partial charge on any atom is 0.250 e. The molecule has 7 nitrogen and oxygen atoms in total.